The molecule has 1 aromatic rings. The van der Waals surface area contributed by atoms with Gasteiger partial charge in [0.1, 0.15) is 0 Å². The fraction of sp³-hybridized carbons (Fsp3) is 0.769. The van der Waals surface area contributed by atoms with E-state index in [0.717, 1.165) is 18.4 Å². The first-order valence-electron chi connectivity index (χ1n) is 6.56. The van der Waals surface area contributed by atoms with E-state index in [1.54, 1.807) is 11.3 Å². The van der Waals surface area contributed by atoms with Crippen LogP contribution in [0.4, 0.5) is 5.13 Å². The van der Waals surface area contributed by atoms with Crippen molar-refractivity contribution in [2.75, 3.05) is 18.8 Å². The predicted octanol–water partition coefficient (Wildman–Crippen LogP) is 3.41. The molecule has 1 fully saturated rings. The number of hydrogen-bond donors (Lipinski definition) is 1. The lowest BCUT2D eigenvalue weighted by Crippen LogP contribution is -2.35. The van der Waals surface area contributed by atoms with Crippen LogP contribution in [0.2, 0.25) is 0 Å². The van der Waals surface area contributed by atoms with Crippen LogP contribution in [0.25, 0.3) is 0 Å². The van der Waals surface area contributed by atoms with Crippen molar-refractivity contribution in [1.82, 2.24) is 9.88 Å². The van der Waals surface area contributed by atoms with Crippen LogP contribution in [0.3, 0.4) is 0 Å². The van der Waals surface area contributed by atoms with Crippen LogP contribution in [0.1, 0.15) is 38.0 Å². The number of nitrogens with zero attached hydrogens (tertiary/aromatic N) is 2. The first kappa shape index (κ1) is 15.7. The summed E-state index contributed by atoms with van der Waals surface area (Å²) >= 11 is 1.62. The highest BCUT2D eigenvalue weighted by Crippen LogP contribution is 2.25. The Morgan fingerprint density at radius 2 is 2.33 bits per heavy atom. The summed E-state index contributed by atoms with van der Waals surface area (Å²) in [6, 6.07) is 0. The summed E-state index contributed by atoms with van der Waals surface area (Å²) in [5.74, 6) is 1.70. The number of thiazole rings is 1. The molecule has 2 heterocycles. The standard InChI is InChI=1S/C13H23N3S.ClH/c1-10(2)6-11-4-3-5-16(8-11)9-12-7-15-13(14)17-12;/h7,10-11H,3-6,8-9H2,1-2H3,(H2,14,15);1H. The predicted molar refractivity (Wildman–Crippen MR) is 81.2 cm³/mol. The smallest absolute Gasteiger partial charge is 0.180 e. The van der Waals surface area contributed by atoms with Gasteiger partial charge in [0.05, 0.1) is 0 Å². The maximum atomic E-state index is 5.67. The van der Waals surface area contributed by atoms with Gasteiger partial charge in [0.2, 0.25) is 0 Å². The zero-order chi connectivity index (χ0) is 12.3. The minimum Gasteiger partial charge on any atom is -0.375 e. The number of piperidine rings is 1. The van der Waals surface area contributed by atoms with E-state index in [2.05, 4.69) is 23.7 Å². The van der Waals surface area contributed by atoms with Crippen molar-refractivity contribution in [3.05, 3.63) is 11.1 Å². The lowest BCUT2D eigenvalue weighted by atomic mass is 9.90. The lowest BCUT2D eigenvalue weighted by molar-refractivity contribution is 0.154. The van der Waals surface area contributed by atoms with Crippen molar-refractivity contribution in [2.24, 2.45) is 11.8 Å². The van der Waals surface area contributed by atoms with Crippen molar-refractivity contribution >= 4 is 28.9 Å². The van der Waals surface area contributed by atoms with Crippen LogP contribution in [-0.2, 0) is 6.54 Å². The van der Waals surface area contributed by atoms with Crippen LogP contribution in [0.15, 0.2) is 6.20 Å². The SMILES string of the molecule is CC(C)CC1CCCN(Cc2cnc(N)s2)C1.Cl. The molecule has 18 heavy (non-hydrogen) atoms. The molecule has 1 atom stereocenters. The van der Waals surface area contributed by atoms with Crippen LogP contribution < -0.4 is 5.73 Å². The highest BCUT2D eigenvalue weighted by Gasteiger charge is 2.21. The largest absolute Gasteiger partial charge is 0.375 e. The number of halogens is 1. The van der Waals surface area contributed by atoms with Gasteiger partial charge in [0.15, 0.2) is 5.13 Å². The first-order chi connectivity index (χ1) is 8.13. The number of hydrogen-bond acceptors (Lipinski definition) is 4. The van der Waals surface area contributed by atoms with Gasteiger partial charge in [-0.25, -0.2) is 4.98 Å². The van der Waals surface area contributed by atoms with E-state index >= 15 is 0 Å². The highest BCUT2D eigenvalue weighted by atomic mass is 35.5. The van der Waals surface area contributed by atoms with E-state index < -0.39 is 0 Å². The fourth-order valence-corrected chi connectivity index (χ4v) is 3.50. The molecule has 0 radical (unpaired) electrons. The topological polar surface area (TPSA) is 42.2 Å². The number of likely N-dealkylation sites (tertiary alicyclic amines) is 1. The number of rotatable bonds is 4. The van der Waals surface area contributed by atoms with Gasteiger partial charge >= 0.3 is 0 Å². The molecule has 1 aliphatic rings. The lowest BCUT2D eigenvalue weighted by Gasteiger charge is -2.33. The molecule has 5 heteroatoms. The molecule has 104 valence electrons. The maximum Gasteiger partial charge on any atom is 0.180 e. The number of nitrogens with two attached hydrogens (primary N) is 1. The molecule has 0 amide bonds. The molecule has 0 aromatic carbocycles. The third-order valence-corrected chi connectivity index (χ3v) is 4.17. The number of anilines is 1. The van der Waals surface area contributed by atoms with Gasteiger partial charge in [0.25, 0.3) is 0 Å². The van der Waals surface area contributed by atoms with Gasteiger partial charge in [-0.2, -0.15) is 0 Å². The second-order valence-corrected chi connectivity index (χ2v) is 6.68. The van der Waals surface area contributed by atoms with E-state index in [-0.39, 0.29) is 12.4 Å². The summed E-state index contributed by atoms with van der Waals surface area (Å²) in [5.41, 5.74) is 5.67. The van der Waals surface area contributed by atoms with E-state index in [1.165, 1.54) is 37.2 Å². The Labute approximate surface area is 120 Å². The van der Waals surface area contributed by atoms with Crippen molar-refractivity contribution in [3.8, 4) is 0 Å². The minimum absolute atomic E-state index is 0. The summed E-state index contributed by atoms with van der Waals surface area (Å²) in [6.07, 6.45) is 6.03. The van der Waals surface area contributed by atoms with E-state index in [0.29, 0.717) is 5.13 Å². The summed E-state index contributed by atoms with van der Waals surface area (Å²) in [5, 5.41) is 0.690. The summed E-state index contributed by atoms with van der Waals surface area (Å²) in [7, 11) is 0. The molecule has 0 saturated carbocycles. The van der Waals surface area contributed by atoms with Crippen molar-refractivity contribution < 1.29 is 0 Å². The van der Waals surface area contributed by atoms with Crippen molar-refractivity contribution in [2.45, 2.75) is 39.7 Å². The van der Waals surface area contributed by atoms with Gasteiger partial charge in [-0.3, -0.25) is 4.90 Å². The monoisotopic (exact) mass is 289 g/mol. The Hall–Kier alpha value is -0.320. The van der Waals surface area contributed by atoms with Gasteiger partial charge in [-0.15, -0.1) is 23.7 Å². The fourth-order valence-electron chi connectivity index (χ4n) is 2.77. The van der Waals surface area contributed by atoms with Crippen molar-refractivity contribution in [3.63, 3.8) is 0 Å². The van der Waals surface area contributed by atoms with Gasteiger partial charge < -0.3 is 5.73 Å². The molecule has 3 nitrogen and oxygen atoms in total. The average molecular weight is 290 g/mol. The molecule has 1 saturated heterocycles. The molecule has 1 unspecified atom stereocenters. The van der Waals surface area contributed by atoms with Crippen LogP contribution in [-0.4, -0.2) is 23.0 Å². The van der Waals surface area contributed by atoms with Crippen LogP contribution in [0.5, 0.6) is 0 Å². The van der Waals surface area contributed by atoms with E-state index in [9.17, 15) is 0 Å². The molecule has 2 N–H and O–H groups in total. The molecule has 0 bridgehead atoms. The normalized spacial score (nSPS) is 20.9. The average Bonchev–Trinajstić information content (AvgIpc) is 2.63. The summed E-state index contributed by atoms with van der Waals surface area (Å²) in [6.45, 7) is 8.15. The van der Waals surface area contributed by atoms with Gasteiger partial charge in [0, 0.05) is 24.2 Å². The third kappa shape index (κ3) is 4.75. The Bertz CT molecular complexity index is 354. The van der Waals surface area contributed by atoms with Gasteiger partial charge in [-0.05, 0) is 37.6 Å². The van der Waals surface area contributed by atoms with E-state index in [1.807, 2.05) is 6.20 Å². The Morgan fingerprint density at radius 3 is 2.94 bits per heavy atom. The molecule has 0 spiro atoms. The molecule has 2 rings (SSSR count). The zero-order valence-corrected chi connectivity index (χ0v) is 12.9. The van der Waals surface area contributed by atoms with Crippen molar-refractivity contribution in [1.29, 1.82) is 0 Å². The Morgan fingerprint density at radius 1 is 1.56 bits per heavy atom. The summed E-state index contributed by atoms with van der Waals surface area (Å²) < 4.78 is 0. The summed E-state index contributed by atoms with van der Waals surface area (Å²) in [4.78, 5) is 7.98. The first-order valence-corrected chi connectivity index (χ1v) is 7.37. The second-order valence-electron chi connectivity index (χ2n) is 5.54. The molecule has 1 aliphatic heterocycles. The zero-order valence-electron chi connectivity index (χ0n) is 11.3. The van der Waals surface area contributed by atoms with Gasteiger partial charge in [-0.1, -0.05) is 13.8 Å². The van der Waals surface area contributed by atoms with E-state index in [4.69, 9.17) is 5.73 Å². The Kier molecular flexibility index (Phi) is 6.39. The number of aromatic nitrogens is 1. The van der Waals surface area contributed by atoms with Crippen LogP contribution in [0, 0.1) is 11.8 Å². The molecular weight excluding hydrogens is 266 g/mol. The molecular formula is C13H24ClN3S. The quantitative estimate of drug-likeness (QED) is 0.924. The third-order valence-electron chi connectivity index (χ3n) is 3.36. The molecule has 0 aliphatic carbocycles. The Balaban J connectivity index is 0.00000162. The minimum atomic E-state index is 0. The van der Waals surface area contributed by atoms with Crippen LogP contribution >= 0.6 is 23.7 Å². The maximum absolute atomic E-state index is 5.67. The number of nitrogen functional groups attached to an aromatic ring is 1. The highest BCUT2D eigenvalue weighted by molar-refractivity contribution is 7.15. The second kappa shape index (κ2) is 7.31. The molecule has 1 aromatic heterocycles.